The summed E-state index contributed by atoms with van der Waals surface area (Å²) in [5, 5.41) is 1.07. The maximum atomic E-state index is 5.86. The zero-order chi connectivity index (χ0) is 9.14. The van der Waals surface area contributed by atoms with Crippen molar-refractivity contribution < 1.29 is 0 Å². The van der Waals surface area contributed by atoms with Crippen LogP contribution in [-0.4, -0.2) is 4.98 Å². The van der Waals surface area contributed by atoms with Crippen LogP contribution >= 0.6 is 11.3 Å². The van der Waals surface area contributed by atoms with Gasteiger partial charge in [-0.3, -0.25) is 0 Å². The molecule has 0 aliphatic heterocycles. The average molecular weight is 184 g/mol. The number of hydrogen-bond donors (Lipinski definition) is 1. The molecule has 0 fully saturated rings. The third kappa shape index (κ3) is 2.05. The van der Waals surface area contributed by atoms with E-state index in [1.807, 2.05) is 6.20 Å². The van der Waals surface area contributed by atoms with Crippen molar-refractivity contribution in [2.24, 2.45) is 5.73 Å². The van der Waals surface area contributed by atoms with E-state index in [0.29, 0.717) is 5.92 Å². The van der Waals surface area contributed by atoms with E-state index < -0.39 is 0 Å². The SMILES string of the molecule is CCC(N)c1ncc(C(C)C)s1. The summed E-state index contributed by atoms with van der Waals surface area (Å²) in [6.07, 6.45) is 2.91. The Bertz CT molecular complexity index is 242. The maximum absolute atomic E-state index is 5.86. The highest BCUT2D eigenvalue weighted by molar-refractivity contribution is 7.11. The van der Waals surface area contributed by atoms with Gasteiger partial charge in [-0.25, -0.2) is 4.98 Å². The van der Waals surface area contributed by atoms with Gasteiger partial charge in [0.05, 0.1) is 6.04 Å². The van der Waals surface area contributed by atoms with Crippen LogP contribution in [0.5, 0.6) is 0 Å². The molecule has 0 aliphatic carbocycles. The van der Waals surface area contributed by atoms with E-state index in [4.69, 9.17) is 5.73 Å². The van der Waals surface area contributed by atoms with Crippen molar-refractivity contribution in [2.45, 2.75) is 39.2 Å². The smallest absolute Gasteiger partial charge is 0.110 e. The van der Waals surface area contributed by atoms with Gasteiger partial charge in [-0.2, -0.15) is 0 Å². The van der Waals surface area contributed by atoms with Gasteiger partial charge in [-0.15, -0.1) is 11.3 Å². The molecule has 0 saturated heterocycles. The first-order valence-corrected chi connectivity index (χ1v) is 5.18. The molecule has 1 unspecified atom stereocenters. The standard InChI is InChI=1S/C9H16N2S/c1-4-7(10)9-11-5-8(12-9)6(2)3/h5-7H,4,10H2,1-3H3. The van der Waals surface area contributed by atoms with Gasteiger partial charge in [0.1, 0.15) is 5.01 Å². The average Bonchev–Trinajstić information content (AvgIpc) is 2.51. The molecule has 0 saturated carbocycles. The first-order chi connectivity index (χ1) is 5.65. The van der Waals surface area contributed by atoms with Crippen LogP contribution in [-0.2, 0) is 0 Å². The first-order valence-electron chi connectivity index (χ1n) is 4.36. The second kappa shape index (κ2) is 4.01. The third-order valence-electron chi connectivity index (χ3n) is 1.87. The minimum Gasteiger partial charge on any atom is -0.322 e. The molecule has 68 valence electrons. The monoisotopic (exact) mass is 184 g/mol. The molecule has 1 atom stereocenters. The fourth-order valence-electron chi connectivity index (χ4n) is 0.914. The lowest BCUT2D eigenvalue weighted by atomic mass is 10.2. The molecule has 12 heavy (non-hydrogen) atoms. The van der Waals surface area contributed by atoms with Crippen LogP contribution < -0.4 is 5.73 Å². The van der Waals surface area contributed by atoms with Crippen LogP contribution in [0.4, 0.5) is 0 Å². The zero-order valence-electron chi connectivity index (χ0n) is 7.87. The molecule has 0 aromatic carbocycles. The molecule has 1 aromatic rings. The van der Waals surface area contributed by atoms with Gasteiger partial charge in [0.2, 0.25) is 0 Å². The van der Waals surface area contributed by atoms with Gasteiger partial charge in [-0.1, -0.05) is 20.8 Å². The largest absolute Gasteiger partial charge is 0.322 e. The van der Waals surface area contributed by atoms with Crippen molar-refractivity contribution in [1.82, 2.24) is 4.98 Å². The molecule has 0 aliphatic rings. The molecule has 1 aromatic heterocycles. The zero-order valence-corrected chi connectivity index (χ0v) is 8.69. The van der Waals surface area contributed by atoms with Gasteiger partial charge in [0.15, 0.2) is 0 Å². The minimum atomic E-state index is 0.127. The normalized spacial score (nSPS) is 13.8. The summed E-state index contributed by atoms with van der Waals surface area (Å²) in [4.78, 5) is 5.63. The first kappa shape index (κ1) is 9.68. The van der Waals surface area contributed by atoms with Crippen LogP contribution in [0.1, 0.15) is 49.0 Å². The van der Waals surface area contributed by atoms with E-state index in [1.54, 1.807) is 11.3 Å². The molecule has 1 heterocycles. The van der Waals surface area contributed by atoms with Crippen LogP contribution in [0.2, 0.25) is 0 Å². The molecular formula is C9H16N2S. The second-order valence-electron chi connectivity index (χ2n) is 3.27. The van der Waals surface area contributed by atoms with Crippen molar-refractivity contribution in [2.75, 3.05) is 0 Å². The van der Waals surface area contributed by atoms with E-state index in [1.165, 1.54) is 4.88 Å². The number of hydrogen-bond acceptors (Lipinski definition) is 3. The van der Waals surface area contributed by atoms with Crippen LogP contribution in [0.15, 0.2) is 6.20 Å². The lowest BCUT2D eigenvalue weighted by Crippen LogP contribution is -2.07. The van der Waals surface area contributed by atoms with E-state index >= 15 is 0 Å². The maximum Gasteiger partial charge on any atom is 0.110 e. The fraction of sp³-hybridized carbons (Fsp3) is 0.667. The molecule has 0 spiro atoms. The number of rotatable bonds is 3. The molecule has 1 rings (SSSR count). The summed E-state index contributed by atoms with van der Waals surface area (Å²) in [7, 11) is 0. The highest BCUT2D eigenvalue weighted by atomic mass is 32.1. The van der Waals surface area contributed by atoms with Gasteiger partial charge < -0.3 is 5.73 Å². The Morgan fingerprint density at radius 2 is 2.25 bits per heavy atom. The summed E-state index contributed by atoms with van der Waals surface area (Å²) in [6, 6.07) is 0.127. The van der Waals surface area contributed by atoms with Crippen molar-refractivity contribution in [3.63, 3.8) is 0 Å². The Kier molecular flexibility index (Phi) is 3.23. The van der Waals surface area contributed by atoms with Gasteiger partial charge in [0.25, 0.3) is 0 Å². The Balaban J connectivity index is 2.77. The van der Waals surface area contributed by atoms with E-state index in [-0.39, 0.29) is 6.04 Å². The predicted molar refractivity (Wildman–Crippen MR) is 53.4 cm³/mol. The Morgan fingerprint density at radius 1 is 1.58 bits per heavy atom. The topological polar surface area (TPSA) is 38.9 Å². The molecule has 0 radical (unpaired) electrons. The van der Waals surface area contributed by atoms with Crippen molar-refractivity contribution in [3.8, 4) is 0 Å². The lowest BCUT2D eigenvalue weighted by molar-refractivity contribution is 0.692. The second-order valence-corrected chi connectivity index (χ2v) is 4.36. The van der Waals surface area contributed by atoms with E-state index in [9.17, 15) is 0 Å². The van der Waals surface area contributed by atoms with Crippen LogP contribution in [0, 0.1) is 0 Å². The highest BCUT2D eigenvalue weighted by Gasteiger charge is 2.10. The molecule has 2 nitrogen and oxygen atoms in total. The highest BCUT2D eigenvalue weighted by Crippen LogP contribution is 2.25. The van der Waals surface area contributed by atoms with Crippen molar-refractivity contribution in [1.29, 1.82) is 0 Å². The van der Waals surface area contributed by atoms with Crippen molar-refractivity contribution >= 4 is 11.3 Å². The Morgan fingerprint density at radius 3 is 2.67 bits per heavy atom. The lowest BCUT2D eigenvalue weighted by Gasteiger charge is -2.02. The quantitative estimate of drug-likeness (QED) is 0.784. The van der Waals surface area contributed by atoms with Crippen molar-refractivity contribution in [3.05, 3.63) is 16.1 Å². The molecule has 0 amide bonds. The predicted octanol–water partition coefficient (Wildman–Crippen LogP) is 2.68. The summed E-state index contributed by atoms with van der Waals surface area (Å²) in [6.45, 7) is 6.44. The Labute approximate surface area is 77.8 Å². The van der Waals surface area contributed by atoms with E-state index in [0.717, 1.165) is 11.4 Å². The number of nitrogens with zero attached hydrogens (tertiary/aromatic N) is 1. The van der Waals surface area contributed by atoms with Crippen LogP contribution in [0.3, 0.4) is 0 Å². The van der Waals surface area contributed by atoms with Gasteiger partial charge >= 0.3 is 0 Å². The van der Waals surface area contributed by atoms with Crippen LogP contribution in [0.25, 0.3) is 0 Å². The summed E-state index contributed by atoms with van der Waals surface area (Å²) in [5.41, 5.74) is 5.86. The van der Waals surface area contributed by atoms with Gasteiger partial charge in [0, 0.05) is 11.1 Å². The van der Waals surface area contributed by atoms with E-state index in [2.05, 4.69) is 25.8 Å². The van der Waals surface area contributed by atoms with Gasteiger partial charge in [-0.05, 0) is 12.3 Å². The molecule has 2 N–H and O–H groups in total. The number of aromatic nitrogens is 1. The minimum absolute atomic E-state index is 0.127. The molecular weight excluding hydrogens is 168 g/mol. The molecule has 3 heteroatoms. The summed E-state index contributed by atoms with van der Waals surface area (Å²) in [5.74, 6) is 0.570. The molecule has 0 bridgehead atoms. The summed E-state index contributed by atoms with van der Waals surface area (Å²) >= 11 is 1.74. The third-order valence-corrected chi connectivity index (χ3v) is 3.30. The summed E-state index contributed by atoms with van der Waals surface area (Å²) < 4.78 is 0. The number of nitrogens with two attached hydrogens (primary N) is 1. The number of thiazole rings is 1. The Hall–Kier alpha value is -0.410. The fourth-order valence-corrected chi connectivity index (χ4v) is 1.92.